The summed E-state index contributed by atoms with van der Waals surface area (Å²) in [5.41, 5.74) is 1.81. The lowest BCUT2D eigenvalue weighted by Crippen LogP contribution is -2.13. The summed E-state index contributed by atoms with van der Waals surface area (Å²) in [7, 11) is 0. The number of nitro groups is 1. The predicted octanol–water partition coefficient (Wildman–Crippen LogP) is 3.32. The van der Waals surface area contributed by atoms with E-state index in [1.54, 1.807) is 18.2 Å². The number of aliphatic imine (C=N–C) groups is 1. The standard InChI is InChI=1S/C14H8ClN3O3/c15-11-3-1-2-10-12(11)17-14(19)13(10)16-8-4-6-9(7-5-8)18(20)21/h1-7H,(H,16,17,19). The van der Waals surface area contributed by atoms with E-state index < -0.39 is 4.92 Å². The van der Waals surface area contributed by atoms with E-state index in [4.69, 9.17) is 11.6 Å². The van der Waals surface area contributed by atoms with Crippen LogP contribution in [0, 0.1) is 10.1 Å². The van der Waals surface area contributed by atoms with Crippen LogP contribution in [0.25, 0.3) is 0 Å². The van der Waals surface area contributed by atoms with Gasteiger partial charge in [-0.3, -0.25) is 14.9 Å². The van der Waals surface area contributed by atoms with Gasteiger partial charge < -0.3 is 5.32 Å². The first kappa shape index (κ1) is 13.3. The molecule has 0 atom stereocenters. The number of anilines is 1. The number of hydrogen-bond acceptors (Lipinski definition) is 4. The first-order chi connectivity index (χ1) is 10.1. The van der Waals surface area contributed by atoms with E-state index in [9.17, 15) is 14.9 Å². The normalized spacial score (nSPS) is 14.9. The van der Waals surface area contributed by atoms with E-state index in [-0.39, 0.29) is 17.3 Å². The Labute approximate surface area is 124 Å². The minimum Gasteiger partial charge on any atom is -0.319 e. The number of carbonyl (C=O) groups excluding carboxylic acids is 1. The number of nitrogens with zero attached hydrogens (tertiary/aromatic N) is 2. The third-order valence-corrected chi connectivity index (χ3v) is 3.34. The fraction of sp³-hybridized carbons (Fsp3) is 0. The molecule has 0 spiro atoms. The van der Waals surface area contributed by atoms with Gasteiger partial charge in [0.15, 0.2) is 0 Å². The monoisotopic (exact) mass is 301 g/mol. The van der Waals surface area contributed by atoms with Crippen LogP contribution in [0.15, 0.2) is 47.5 Å². The molecule has 2 aromatic rings. The highest BCUT2D eigenvalue weighted by atomic mass is 35.5. The molecule has 0 radical (unpaired) electrons. The molecule has 1 amide bonds. The summed E-state index contributed by atoms with van der Waals surface area (Å²) >= 11 is 6.01. The Bertz CT molecular complexity index is 785. The first-order valence-electron chi connectivity index (χ1n) is 5.99. The number of para-hydroxylation sites is 1. The van der Waals surface area contributed by atoms with Gasteiger partial charge in [-0.15, -0.1) is 0 Å². The maximum absolute atomic E-state index is 12.0. The average Bonchev–Trinajstić information content (AvgIpc) is 2.78. The number of halogens is 1. The summed E-state index contributed by atoms with van der Waals surface area (Å²) in [6.07, 6.45) is 0. The third kappa shape index (κ3) is 2.36. The van der Waals surface area contributed by atoms with Crippen LogP contribution in [0.5, 0.6) is 0 Å². The van der Waals surface area contributed by atoms with Crippen molar-refractivity contribution in [3.05, 3.63) is 63.2 Å². The maximum atomic E-state index is 12.0. The number of nitro benzene ring substituents is 1. The van der Waals surface area contributed by atoms with Crippen LogP contribution < -0.4 is 5.32 Å². The van der Waals surface area contributed by atoms with Gasteiger partial charge in [-0.2, -0.15) is 0 Å². The number of hydrogen-bond donors (Lipinski definition) is 1. The van der Waals surface area contributed by atoms with Gasteiger partial charge in [0.2, 0.25) is 0 Å². The molecule has 0 saturated carbocycles. The molecule has 3 rings (SSSR count). The van der Waals surface area contributed by atoms with Crippen LogP contribution >= 0.6 is 11.6 Å². The van der Waals surface area contributed by atoms with Crippen molar-refractivity contribution < 1.29 is 9.72 Å². The number of benzene rings is 2. The number of amides is 1. The summed E-state index contributed by atoms with van der Waals surface area (Å²) in [4.78, 5) is 26.3. The minimum absolute atomic E-state index is 0.0294. The zero-order chi connectivity index (χ0) is 15.0. The number of rotatable bonds is 2. The lowest BCUT2D eigenvalue weighted by molar-refractivity contribution is -0.384. The van der Waals surface area contributed by atoms with E-state index in [2.05, 4.69) is 10.3 Å². The Morgan fingerprint density at radius 3 is 2.52 bits per heavy atom. The maximum Gasteiger partial charge on any atom is 0.275 e. The summed E-state index contributed by atoms with van der Waals surface area (Å²) in [5.74, 6) is -0.351. The predicted molar refractivity (Wildman–Crippen MR) is 79.4 cm³/mol. The van der Waals surface area contributed by atoms with Crippen molar-refractivity contribution in [1.29, 1.82) is 0 Å². The second-order valence-corrected chi connectivity index (χ2v) is 4.76. The lowest BCUT2D eigenvalue weighted by Gasteiger charge is -1.99. The zero-order valence-corrected chi connectivity index (χ0v) is 11.3. The molecule has 0 unspecified atom stereocenters. The number of carbonyl (C=O) groups is 1. The van der Waals surface area contributed by atoms with Gasteiger partial charge in [0.25, 0.3) is 11.6 Å². The molecule has 0 aromatic heterocycles. The molecule has 0 bridgehead atoms. The Balaban J connectivity index is 2.03. The first-order valence-corrected chi connectivity index (χ1v) is 6.37. The van der Waals surface area contributed by atoms with Gasteiger partial charge >= 0.3 is 0 Å². The molecule has 1 aliphatic rings. The van der Waals surface area contributed by atoms with E-state index in [0.29, 0.717) is 22.0 Å². The quantitative estimate of drug-likeness (QED) is 0.682. The molecule has 6 nitrogen and oxygen atoms in total. The van der Waals surface area contributed by atoms with Crippen LogP contribution in [0.3, 0.4) is 0 Å². The minimum atomic E-state index is -0.492. The molecule has 0 aliphatic carbocycles. The number of nitrogens with one attached hydrogen (secondary N) is 1. The van der Waals surface area contributed by atoms with Gasteiger partial charge in [-0.05, 0) is 18.2 Å². The third-order valence-electron chi connectivity index (χ3n) is 3.02. The highest BCUT2D eigenvalue weighted by Crippen LogP contribution is 2.32. The van der Waals surface area contributed by atoms with Gasteiger partial charge in [-0.25, -0.2) is 4.99 Å². The van der Waals surface area contributed by atoms with Crippen molar-refractivity contribution in [2.75, 3.05) is 5.32 Å². The molecule has 21 heavy (non-hydrogen) atoms. The molecule has 7 heteroatoms. The molecule has 0 fully saturated rings. The molecular formula is C14H8ClN3O3. The molecule has 1 aliphatic heterocycles. The van der Waals surface area contributed by atoms with Crippen molar-refractivity contribution in [3.63, 3.8) is 0 Å². The van der Waals surface area contributed by atoms with Crippen molar-refractivity contribution in [2.24, 2.45) is 4.99 Å². The summed E-state index contributed by atoms with van der Waals surface area (Å²) in [5, 5.41) is 13.7. The molecule has 2 aromatic carbocycles. The summed E-state index contributed by atoms with van der Waals surface area (Å²) < 4.78 is 0. The van der Waals surface area contributed by atoms with Crippen LogP contribution in [-0.2, 0) is 4.79 Å². The Morgan fingerprint density at radius 2 is 1.86 bits per heavy atom. The molecule has 1 heterocycles. The molecule has 0 saturated heterocycles. The summed E-state index contributed by atoms with van der Waals surface area (Å²) in [6.45, 7) is 0. The summed E-state index contributed by atoms with van der Waals surface area (Å²) in [6, 6.07) is 10.8. The van der Waals surface area contributed by atoms with Gasteiger partial charge in [0, 0.05) is 17.7 Å². The van der Waals surface area contributed by atoms with Gasteiger partial charge in [0.1, 0.15) is 5.71 Å². The van der Waals surface area contributed by atoms with Crippen LogP contribution in [0.4, 0.5) is 17.1 Å². The SMILES string of the molecule is O=C1Nc2c(Cl)cccc2C1=Nc1ccc([N+](=O)[O-])cc1. The van der Waals surface area contributed by atoms with Crippen molar-refractivity contribution in [3.8, 4) is 0 Å². The van der Waals surface area contributed by atoms with Crippen LogP contribution in [0.2, 0.25) is 5.02 Å². The van der Waals surface area contributed by atoms with Gasteiger partial charge in [0.05, 0.1) is 21.3 Å². The smallest absolute Gasteiger partial charge is 0.275 e. The highest BCUT2D eigenvalue weighted by Gasteiger charge is 2.27. The molecular weight excluding hydrogens is 294 g/mol. The fourth-order valence-electron chi connectivity index (χ4n) is 2.03. The van der Waals surface area contributed by atoms with E-state index in [1.807, 2.05) is 0 Å². The second kappa shape index (κ2) is 4.99. The Kier molecular flexibility index (Phi) is 3.15. The highest BCUT2D eigenvalue weighted by molar-refractivity contribution is 6.55. The second-order valence-electron chi connectivity index (χ2n) is 4.35. The van der Waals surface area contributed by atoms with Crippen LogP contribution in [0.1, 0.15) is 5.56 Å². The lowest BCUT2D eigenvalue weighted by atomic mass is 10.1. The molecule has 1 N–H and O–H groups in total. The fourth-order valence-corrected chi connectivity index (χ4v) is 2.25. The van der Waals surface area contributed by atoms with Crippen molar-refractivity contribution in [2.45, 2.75) is 0 Å². The van der Waals surface area contributed by atoms with Crippen molar-refractivity contribution >= 4 is 40.3 Å². The average molecular weight is 302 g/mol. The Morgan fingerprint density at radius 1 is 1.14 bits per heavy atom. The largest absolute Gasteiger partial charge is 0.319 e. The zero-order valence-electron chi connectivity index (χ0n) is 10.5. The van der Waals surface area contributed by atoms with Gasteiger partial charge in [-0.1, -0.05) is 23.7 Å². The Hall–Kier alpha value is -2.73. The molecule has 104 valence electrons. The van der Waals surface area contributed by atoms with E-state index in [0.717, 1.165) is 0 Å². The van der Waals surface area contributed by atoms with E-state index in [1.165, 1.54) is 24.3 Å². The van der Waals surface area contributed by atoms with E-state index >= 15 is 0 Å². The number of fused-ring (bicyclic) bond motifs is 1. The number of non-ortho nitro benzene ring substituents is 1. The van der Waals surface area contributed by atoms with Crippen molar-refractivity contribution in [1.82, 2.24) is 0 Å². The van der Waals surface area contributed by atoms with Crippen LogP contribution in [-0.4, -0.2) is 16.5 Å². The topological polar surface area (TPSA) is 84.6 Å².